The Morgan fingerprint density at radius 2 is 1.80 bits per heavy atom. The van der Waals surface area contributed by atoms with Gasteiger partial charge in [-0.3, -0.25) is 9.97 Å². The van der Waals surface area contributed by atoms with E-state index in [0.717, 1.165) is 17.0 Å². The Kier molecular flexibility index (Phi) is 5.21. The number of nitrogens with zero attached hydrogens (tertiary/aromatic N) is 2. The summed E-state index contributed by atoms with van der Waals surface area (Å²) in [5.41, 5.74) is 2.90. The Balaban J connectivity index is 1.91. The molecule has 0 spiro atoms. The van der Waals surface area contributed by atoms with Crippen molar-refractivity contribution in [3.63, 3.8) is 0 Å². The lowest BCUT2D eigenvalue weighted by molar-refractivity contribution is 0.0495. The van der Waals surface area contributed by atoms with Gasteiger partial charge in [0.1, 0.15) is 0 Å². The van der Waals surface area contributed by atoms with E-state index >= 15 is 0 Å². The first-order chi connectivity index (χ1) is 9.70. The smallest absolute Gasteiger partial charge is 0.0971 e. The molecule has 0 aliphatic carbocycles. The molecule has 4 heteroatoms. The Bertz CT molecular complexity index is 514. The van der Waals surface area contributed by atoms with Crippen molar-refractivity contribution >= 4 is 0 Å². The Morgan fingerprint density at radius 1 is 1.00 bits per heavy atom. The lowest BCUT2D eigenvalue weighted by Gasteiger charge is -2.13. The molecule has 2 atom stereocenters. The number of hydrogen-bond acceptors (Lipinski definition) is 4. The van der Waals surface area contributed by atoms with Crippen LogP contribution in [0.3, 0.4) is 0 Å². The number of pyridine rings is 2. The SMILES string of the molecule is CO[C@@H](C)c1ccc(CO[C@H](C)c2ccccn2)cn1. The summed E-state index contributed by atoms with van der Waals surface area (Å²) in [4.78, 5) is 8.66. The van der Waals surface area contributed by atoms with E-state index in [0.29, 0.717) is 6.61 Å². The second-order valence-corrected chi connectivity index (χ2v) is 4.68. The fraction of sp³-hybridized carbons (Fsp3) is 0.375. The number of rotatable bonds is 6. The molecule has 20 heavy (non-hydrogen) atoms. The topological polar surface area (TPSA) is 44.2 Å². The summed E-state index contributed by atoms with van der Waals surface area (Å²) in [6.45, 7) is 4.49. The Morgan fingerprint density at radius 3 is 2.40 bits per heavy atom. The summed E-state index contributed by atoms with van der Waals surface area (Å²) in [6, 6.07) is 9.81. The van der Waals surface area contributed by atoms with Crippen LogP contribution in [0.4, 0.5) is 0 Å². The lowest BCUT2D eigenvalue weighted by Crippen LogP contribution is -2.04. The number of hydrogen-bond donors (Lipinski definition) is 0. The predicted octanol–water partition coefficient (Wildman–Crippen LogP) is 3.46. The normalized spacial score (nSPS) is 13.9. The van der Waals surface area contributed by atoms with Crippen LogP contribution in [0, 0.1) is 0 Å². The van der Waals surface area contributed by atoms with Crippen LogP contribution in [0.1, 0.15) is 43.0 Å². The molecule has 0 radical (unpaired) electrons. The van der Waals surface area contributed by atoms with Crippen LogP contribution in [0.15, 0.2) is 42.7 Å². The summed E-state index contributed by atoms with van der Waals surface area (Å²) in [5, 5.41) is 0. The Hall–Kier alpha value is -1.78. The van der Waals surface area contributed by atoms with Crippen molar-refractivity contribution in [2.45, 2.75) is 32.7 Å². The van der Waals surface area contributed by atoms with Crippen molar-refractivity contribution in [3.8, 4) is 0 Å². The van der Waals surface area contributed by atoms with E-state index in [1.807, 2.05) is 50.4 Å². The molecule has 2 aromatic rings. The van der Waals surface area contributed by atoms with E-state index in [2.05, 4.69) is 9.97 Å². The van der Waals surface area contributed by atoms with E-state index < -0.39 is 0 Å². The van der Waals surface area contributed by atoms with E-state index in [9.17, 15) is 0 Å². The molecule has 0 aromatic carbocycles. The first-order valence-corrected chi connectivity index (χ1v) is 6.71. The minimum absolute atomic E-state index is 0.0115. The zero-order valence-corrected chi connectivity index (χ0v) is 12.1. The highest BCUT2D eigenvalue weighted by Crippen LogP contribution is 2.17. The van der Waals surface area contributed by atoms with Gasteiger partial charge in [-0.1, -0.05) is 12.1 Å². The van der Waals surface area contributed by atoms with Gasteiger partial charge >= 0.3 is 0 Å². The van der Waals surface area contributed by atoms with Gasteiger partial charge in [0.15, 0.2) is 0 Å². The molecule has 106 valence electrons. The quantitative estimate of drug-likeness (QED) is 0.807. The first kappa shape index (κ1) is 14.6. The molecule has 0 N–H and O–H groups in total. The zero-order valence-electron chi connectivity index (χ0n) is 12.1. The number of aromatic nitrogens is 2. The summed E-state index contributed by atoms with van der Waals surface area (Å²) in [6.07, 6.45) is 3.58. The first-order valence-electron chi connectivity index (χ1n) is 6.71. The summed E-state index contributed by atoms with van der Waals surface area (Å²) >= 11 is 0. The predicted molar refractivity (Wildman–Crippen MR) is 77.1 cm³/mol. The van der Waals surface area contributed by atoms with Gasteiger partial charge in [0.05, 0.1) is 30.2 Å². The zero-order chi connectivity index (χ0) is 14.4. The summed E-state index contributed by atoms with van der Waals surface area (Å²) in [5.74, 6) is 0. The van der Waals surface area contributed by atoms with Gasteiger partial charge in [-0.15, -0.1) is 0 Å². The average molecular weight is 272 g/mol. The number of ether oxygens (including phenoxy) is 2. The molecule has 0 fully saturated rings. The van der Waals surface area contributed by atoms with Crippen molar-refractivity contribution < 1.29 is 9.47 Å². The van der Waals surface area contributed by atoms with Gasteiger partial charge in [-0.25, -0.2) is 0 Å². The molecule has 0 amide bonds. The van der Waals surface area contributed by atoms with Crippen molar-refractivity contribution in [2.24, 2.45) is 0 Å². The van der Waals surface area contributed by atoms with Gasteiger partial charge in [-0.2, -0.15) is 0 Å². The van der Waals surface area contributed by atoms with E-state index in [1.54, 1.807) is 13.3 Å². The molecule has 0 bridgehead atoms. The largest absolute Gasteiger partial charge is 0.375 e. The fourth-order valence-corrected chi connectivity index (χ4v) is 1.81. The lowest BCUT2D eigenvalue weighted by atomic mass is 10.2. The third kappa shape index (κ3) is 3.85. The maximum absolute atomic E-state index is 5.81. The monoisotopic (exact) mass is 272 g/mol. The van der Waals surface area contributed by atoms with Crippen molar-refractivity contribution in [1.29, 1.82) is 0 Å². The summed E-state index contributed by atoms with van der Waals surface area (Å²) in [7, 11) is 1.68. The minimum atomic E-state index is -0.0335. The third-order valence-corrected chi connectivity index (χ3v) is 3.22. The second-order valence-electron chi connectivity index (χ2n) is 4.68. The van der Waals surface area contributed by atoms with Crippen molar-refractivity contribution in [2.75, 3.05) is 7.11 Å². The molecule has 0 aliphatic heterocycles. The van der Waals surface area contributed by atoms with Crippen LogP contribution in [-0.2, 0) is 16.1 Å². The molecule has 2 heterocycles. The molecular formula is C16H20N2O2. The third-order valence-electron chi connectivity index (χ3n) is 3.22. The van der Waals surface area contributed by atoms with Crippen molar-refractivity contribution in [3.05, 3.63) is 59.7 Å². The molecule has 0 unspecified atom stereocenters. The maximum Gasteiger partial charge on any atom is 0.0971 e. The Labute approximate surface area is 119 Å². The molecule has 4 nitrogen and oxygen atoms in total. The molecule has 0 aliphatic rings. The van der Waals surface area contributed by atoms with Gasteiger partial charge in [0, 0.05) is 19.5 Å². The summed E-state index contributed by atoms with van der Waals surface area (Å²) < 4.78 is 11.0. The van der Waals surface area contributed by atoms with Gasteiger partial charge in [0.25, 0.3) is 0 Å². The second kappa shape index (κ2) is 7.12. The van der Waals surface area contributed by atoms with Crippen LogP contribution in [-0.4, -0.2) is 17.1 Å². The van der Waals surface area contributed by atoms with Crippen LogP contribution in [0.5, 0.6) is 0 Å². The molecule has 2 aromatic heterocycles. The minimum Gasteiger partial charge on any atom is -0.375 e. The van der Waals surface area contributed by atoms with Crippen LogP contribution in [0.2, 0.25) is 0 Å². The van der Waals surface area contributed by atoms with Crippen molar-refractivity contribution in [1.82, 2.24) is 9.97 Å². The molecule has 0 saturated heterocycles. The molecular weight excluding hydrogens is 252 g/mol. The van der Waals surface area contributed by atoms with Crippen LogP contribution >= 0.6 is 0 Å². The maximum atomic E-state index is 5.81. The fourth-order valence-electron chi connectivity index (χ4n) is 1.81. The van der Waals surface area contributed by atoms with Crippen LogP contribution < -0.4 is 0 Å². The average Bonchev–Trinajstić information content (AvgIpc) is 2.53. The van der Waals surface area contributed by atoms with Gasteiger partial charge in [-0.05, 0) is 37.6 Å². The highest BCUT2D eigenvalue weighted by Gasteiger charge is 2.08. The van der Waals surface area contributed by atoms with Gasteiger partial charge in [0.2, 0.25) is 0 Å². The molecule has 0 saturated carbocycles. The van der Waals surface area contributed by atoms with E-state index in [1.165, 1.54) is 0 Å². The highest BCUT2D eigenvalue weighted by molar-refractivity contribution is 5.15. The van der Waals surface area contributed by atoms with Crippen LogP contribution in [0.25, 0.3) is 0 Å². The van der Waals surface area contributed by atoms with Gasteiger partial charge < -0.3 is 9.47 Å². The van der Waals surface area contributed by atoms with E-state index in [4.69, 9.17) is 9.47 Å². The van der Waals surface area contributed by atoms with E-state index in [-0.39, 0.29) is 12.2 Å². The highest BCUT2D eigenvalue weighted by atomic mass is 16.5. The molecule has 2 rings (SSSR count). The standard InChI is InChI=1S/C16H20N2O2/c1-12(19-3)16-8-7-14(10-18-16)11-20-13(2)15-6-4-5-9-17-15/h4-10,12-13H,11H2,1-3H3/t12-,13+/m0/s1. The number of methoxy groups -OCH3 is 1.